The van der Waals surface area contributed by atoms with Crippen molar-refractivity contribution < 1.29 is 0 Å². The van der Waals surface area contributed by atoms with Crippen LogP contribution in [-0.4, -0.2) is 20.9 Å². The van der Waals surface area contributed by atoms with Gasteiger partial charge in [-0.15, -0.1) is 0 Å². The first-order valence-electron chi connectivity index (χ1n) is 5.57. The van der Waals surface area contributed by atoms with Crippen molar-refractivity contribution in [2.45, 2.75) is 0 Å². The molecular weight excluding hydrogens is 296 g/mol. The van der Waals surface area contributed by atoms with Crippen LogP contribution in [0.3, 0.4) is 0 Å². The molecule has 0 aliphatic heterocycles. The molecule has 102 valence electrons. The largest absolute Gasteiger partial charge is 0.380 e. The Labute approximate surface area is 126 Å². The van der Waals surface area contributed by atoms with Crippen molar-refractivity contribution in [3.8, 4) is 0 Å². The Balaban J connectivity index is 1.93. The molecule has 0 atom stereocenters. The summed E-state index contributed by atoms with van der Waals surface area (Å²) >= 11 is 10.9. The Hall–Kier alpha value is -2.25. The van der Waals surface area contributed by atoms with Gasteiger partial charge >= 0.3 is 0 Å². The molecule has 0 unspecified atom stereocenters. The Bertz CT molecular complexity index is 614. The van der Waals surface area contributed by atoms with Gasteiger partial charge in [0.15, 0.2) is 10.9 Å². The van der Waals surface area contributed by atoms with Gasteiger partial charge < -0.3 is 11.1 Å². The van der Waals surface area contributed by atoms with Gasteiger partial charge in [0.2, 0.25) is 0 Å². The molecule has 0 spiro atoms. The number of amidine groups is 1. The quantitative estimate of drug-likeness (QED) is 0.346. The Morgan fingerprint density at radius 2 is 2.00 bits per heavy atom. The molecule has 0 saturated heterocycles. The number of hydrazone groups is 1. The van der Waals surface area contributed by atoms with Crippen molar-refractivity contribution in [1.82, 2.24) is 15.4 Å². The fraction of sp³-hybridized carbons (Fsp3) is 0. The van der Waals surface area contributed by atoms with Crippen molar-refractivity contribution in [2.24, 2.45) is 10.8 Å². The monoisotopic (exact) mass is 306 g/mol. The van der Waals surface area contributed by atoms with Crippen molar-refractivity contribution >= 4 is 40.5 Å². The van der Waals surface area contributed by atoms with Gasteiger partial charge in [0, 0.05) is 23.1 Å². The van der Waals surface area contributed by atoms with E-state index in [0.717, 1.165) is 5.69 Å². The normalized spacial score (nSPS) is 10.9. The fourth-order valence-electron chi connectivity index (χ4n) is 1.29. The summed E-state index contributed by atoms with van der Waals surface area (Å²) in [4.78, 5) is 7.91. The summed E-state index contributed by atoms with van der Waals surface area (Å²) in [6.07, 6.45) is 4.59. The molecule has 6 nitrogen and oxygen atoms in total. The number of hydrogen-bond donors (Lipinski definition) is 3. The van der Waals surface area contributed by atoms with Crippen LogP contribution < -0.4 is 16.5 Å². The van der Waals surface area contributed by atoms with Gasteiger partial charge in [0.25, 0.3) is 0 Å². The highest BCUT2D eigenvalue weighted by Gasteiger charge is 2.00. The number of thiocarbonyl (C=S) groups is 1. The second kappa shape index (κ2) is 6.78. The summed E-state index contributed by atoms with van der Waals surface area (Å²) in [6.45, 7) is 0. The SMILES string of the molecule is N/C(=N\NC(=S)Nc1ccc(Cl)cc1)c1cnccn1. The van der Waals surface area contributed by atoms with E-state index in [-0.39, 0.29) is 5.84 Å². The lowest BCUT2D eigenvalue weighted by atomic mass is 10.3. The molecule has 0 aliphatic carbocycles. The van der Waals surface area contributed by atoms with E-state index < -0.39 is 0 Å². The van der Waals surface area contributed by atoms with E-state index in [1.54, 1.807) is 30.5 Å². The molecule has 0 fully saturated rings. The number of anilines is 1. The topological polar surface area (TPSA) is 88.2 Å². The van der Waals surface area contributed by atoms with Crippen LogP contribution in [0.2, 0.25) is 5.02 Å². The van der Waals surface area contributed by atoms with E-state index in [9.17, 15) is 0 Å². The minimum Gasteiger partial charge on any atom is -0.380 e. The molecule has 0 radical (unpaired) electrons. The average molecular weight is 307 g/mol. The summed E-state index contributed by atoms with van der Waals surface area (Å²) in [6, 6.07) is 7.10. The van der Waals surface area contributed by atoms with Gasteiger partial charge in [-0.2, -0.15) is 5.10 Å². The molecule has 4 N–H and O–H groups in total. The molecule has 1 heterocycles. The molecule has 0 saturated carbocycles. The van der Waals surface area contributed by atoms with Crippen LogP contribution >= 0.6 is 23.8 Å². The van der Waals surface area contributed by atoms with E-state index in [2.05, 4.69) is 25.8 Å². The molecule has 1 aromatic carbocycles. The first-order chi connectivity index (χ1) is 9.65. The van der Waals surface area contributed by atoms with Crippen LogP contribution in [0.4, 0.5) is 5.69 Å². The molecule has 2 aromatic rings. The third-order valence-corrected chi connectivity index (χ3v) is 2.65. The van der Waals surface area contributed by atoms with Gasteiger partial charge in [-0.1, -0.05) is 11.6 Å². The lowest BCUT2D eigenvalue weighted by Crippen LogP contribution is -2.28. The predicted octanol–water partition coefficient (Wildman–Crippen LogP) is 1.74. The number of halogens is 1. The predicted molar refractivity (Wildman–Crippen MR) is 83.6 cm³/mol. The summed E-state index contributed by atoms with van der Waals surface area (Å²) in [7, 11) is 0. The summed E-state index contributed by atoms with van der Waals surface area (Å²) in [5.74, 6) is 0.193. The number of nitrogens with two attached hydrogens (primary N) is 1. The number of rotatable bonds is 3. The standard InChI is InChI=1S/C12H11ClN6S/c13-8-1-3-9(4-2-8)17-12(20)19-18-11(14)10-7-15-5-6-16-10/h1-7H,(H2,14,18)(H2,17,19,20). The molecule has 20 heavy (non-hydrogen) atoms. The van der Waals surface area contributed by atoms with Gasteiger partial charge in [0.1, 0.15) is 5.69 Å². The molecular formula is C12H11ClN6S. The highest BCUT2D eigenvalue weighted by Crippen LogP contribution is 2.13. The van der Waals surface area contributed by atoms with Gasteiger partial charge in [-0.3, -0.25) is 10.4 Å². The average Bonchev–Trinajstić information content (AvgIpc) is 2.48. The van der Waals surface area contributed by atoms with Crippen LogP contribution in [0.25, 0.3) is 0 Å². The number of aromatic nitrogens is 2. The van der Waals surface area contributed by atoms with Crippen molar-refractivity contribution in [3.63, 3.8) is 0 Å². The highest BCUT2D eigenvalue weighted by atomic mass is 35.5. The van der Waals surface area contributed by atoms with Gasteiger partial charge in [-0.05, 0) is 36.5 Å². The van der Waals surface area contributed by atoms with E-state index >= 15 is 0 Å². The summed E-state index contributed by atoms with van der Waals surface area (Å²) in [5.41, 5.74) is 9.62. The maximum atomic E-state index is 5.79. The lowest BCUT2D eigenvalue weighted by Gasteiger charge is -2.07. The fourth-order valence-corrected chi connectivity index (χ4v) is 1.58. The zero-order chi connectivity index (χ0) is 14.4. The minimum atomic E-state index is 0.193. The maximum absolute atomic E-state index is 5.79. The van der Waals surface area contributed by atoms with Crippen molar-refractivity contribution in [3.05, 3.63) is 53.6 Å². The highest BCUT2D eigenvalue weighted by molar-refractivity contribution is 7.80. The molecule has 0 amide bonds. The van der Waals surface area contributed by atoms with E-state index in [4.69, 9.17) is 29.6 Å². The first-order valence-corrected chi connectivity index (χ1v) is 6.36. The van der Waals surface area contributed by atoms with Crippen LogP contribution in [0, 0.1) is 0 Å². The second-order valence-electron chi connectivity index (χ2n) is 3.66. The number of benzene rings is 1. The minimum absolute atomic E-state index is 0.193. The molecule has 2 rings (SSSR count). The zero-order valence-corrected chi connectivity index (χ0v) is 11.8. The summed E-state index contributed by atoms with van der Waals surface area (Å²) in [5, 5.41) is 7.82. The van der Waals surface area contributed by atoms with E-state index in [1.807, 2.05) is 0 Å². The zero-order valence-electron chi connectivity index (χ0n) is 10.2. The third kappa shape index (κ3) is 4.15. The maximum Gasteiger partial charge on any atom is 0.191 e. The van der Waals surface area contributed by atoms with Crippen LogP contribution in [0.15, 0.2) is 48.0 Å². The van der Waals surface area contributed by atoms with Crippen molar-refractivity contribution in [1.29, 1.82) is 0 Å². The third-order valence-electron chi connectivity index (χ3n) is 2.21. The van der Waals surface area contributed by atoms with Crippen LogP contribution in [-0.2, 0) is 0 Å². The number of hydrogen-bond acceptors (Lipinski definition) is 4. The lowest BCUT2D eigenvalue weighted by molar-refractivity contribution is 1.02. The molecule has 0 bridgehead atoms. The Kier molecular flexibility index (Phi) is 4.80. The Morgan fingerprint density at radius 1 is 1.25 bits per heavy atom. The Morgan fingerprint density at radius 3 is 2.65 bits per heavy atom. The van der Waals surface area contributed by atoms with Gasteiger partial charge in [-0.25, -0.2) is 4.98 Å². The number of nitrogens with zero attached hydrogens (tertiary/aromatic N) is 3. The smallest absolute Gasteiger partial charge is 0.191 e. The van der Waals surface area contributed by atoms with E-state index in [1.165, 1.54) is 12.4 Å². The van der Waals surface area contributed by atoms with Crippen LogP contribution in [0.5, 0.6) is 0 Å². The first kappa shape index (κ1) is 14.2. The van der Waals surface area contributed by atoms with Crippen LogP contribution in [0.1, 0.15) is 5.69 Å². The van der Waals surface area contributed by atoms with Crippen molar-refractivity contribution in [2.75, 3.05) is 5.32 Å². The molecule has 8 heteroatoms. The molecule has 1 aromatic heterocycles. The molecule has 0 aliphatic rings. The van der Waals surface area contributed by atoms with E-state index in [0.29, 0.717) is 15.8 Å². The number of nitrogens with one attached hydrogen (secondary N) is 2. The van der Waals surface area contributed by atoms with Gasteiger partial charge in [0.05, 0.1) is 6.20 Å². The second-order valence-corrected chi connectivity index (χ2v) is 4.51. The summed E-state index contributed by atoms with van der Waals surface area (Å²) < 4.78 is 0.